The molecule has 0 aliphatic heterocycles. The molecular weight excluding hydrogens is 298 g/mol. The van der Waals surface area contributed by atoms with E-state index >= 15 is 0 Å². The Morgan fingerprint density at radius 3 is 2.71 bits per heavy atom. The highest BCUT2D eigenvalue weighted by molar-refractivity contribution is 7.92. The topological polar surface area (TPSA) is 130 Å². The molecule has 0 radical (unpaired) electrons. The van der Waals surface area contributed by atoms with Gasteiger partial charge in [-0.1, -0.05) is 0 Å². The van der Waals surface area contributed by atoms with Crippen LogP contribution >= 0.6 is 0 Å². The van der Waals surface area contributed by atoms with Crippen LogP contribution in [0.25, 0.3) is 0 Å². The molecule has 0 spiro atoms. The highest BCUT2D eigenvalue weighted by Crippen LogP contribution is 2.25. The van der Waals surface area contributed by atoms with Gasteiger partial charge in [-0.3, -0.25) is 0 Å². The molecule has 0 fully saturated rings. The largest absolute Gasteiger partial charge is 0.461 e. The van der Waals surface area contributed by atoms with Crippen molar-refractivity contribution in [2.45, 2.75) is 25.7 Å². The SMILES string of the molecule is CCOC(=O)c1[nH]c(C)c(S(=O)(=O)Nc2ncn[nH]2)c1C. The molecule has 9 nitrogen and oxygen atoms in total. The molecule has 0 bridgehead atoms. The average molecular weight is 313 g/mol. The number of esters is 1. The zero-order valence-corrected chi connectivity index (χ0v) is 12.5. The number of aromatic amines is 2. The molecule has 0 saturated heterocycles. The van der Waals surface area contributed by atoms with Crippen LogP contribution in [-0.2, 0) is 14.8 Å². The molecule has 10 heteroatoms. The second kappa shape index (κ2) is 5.56. The molecule has 0 unspecified atom stereocenters. The number of carbonyl (C=O) groups is 1. The Balaban J connectivity index is 2.42. The summed E-state index contributed by atoms with van der Waals surface area (Å²) in [5.74, 6) is -0.605. The molecule has 0 aliphatic carbocycles. The van der Waals surface area contributed by atoms with Crippen LogP contribution in [0.2, 0.25) is 0 Å². The normalized spacial score (nSPS) is 11.4. The first-order valence-corrected chi connectivity index (χ1v) is 7.59. The second-order valence-electron chi connectivity index (χ2n) is 4.24. The quantitative estimate of drug-likeness (QED) is 0.698. The van der Waals surface area contributed by atoms with E-state index in [1.807, 2.05) is 0 Å². The van der Waals surface area contributed by atoms with Gasteiger partial charge >= 0.3 is 5.97 Å². The predicted molar refractivity (Wildman–Crippen MR) is 73.4 cm³/mol. The van der Waals surface area contributed by atoms with Crippen LogP contribution in [0, 0.1) is 13.8 Å². The number of nitrogens with zero attached hydrogens (tertiary/aromatic N) is 2. The number of aryl methyl sites for hydroxylation is 1. The van der Waals surface area contributed by atoms with Crippen LogP contribution in [0.4, 0.5) is 5.95 Å². The molecule has 114 valence electrons. The molecule has 0 aromatic carbocycles. The van der Waals surface area contributed by atoms with Crippen LogP contribution in [0.3, 0.4) is 0 Å². The third-order valence-corrected chi connectivity index (χ3v) is 4.37. The maximum atomic E-state index is 12.4. The van der Waals surface area contributed by atoms with E-state index < -0.39 is 16.0 Å². The van der Waals surface area contributed by atoms with Crippen molar-refractivity contribution < 1.29 is 17.9 Å². The summed E-state index contributed by atoms with van der Waals surface area (Å²) >= 11 is 0. The maximum Gasteiger partial charge on any atom is 0.355 e. The lowest BCUT2D eigenvalue weighted by atomic mass is 10.2. The van der Waals surface area contributed by atoms with Crippen molar-refractivity contribution >= 4 is 21.9 Å². The first-order chi connectivity index (χ1) is 9.86. The summed E-state index contributed by atoms with van der Waals surface area (Å²) in [4.78, 5) is 18.2. The first-order valence-electron chi connectivity index (χ1n) is 6.11. The standard InChI is InChI=1S/C11H15N5O4S/c1-4-20-10(17)8-6(2)9(7(3)14-8)21(18,19)16-11-12-5-13-15-11/h5,14H,4H2,1-3H3,(H2,12,13,15,16). The Morgan fingerprint density at radius 2 is 2.14 bits per heavy atom. The van der Waals surface area contributed by atoms with Gasteiger partial charge in [-0.15, -0.1) is 0 Å². The molecular formula is C11H15N5O4S. The zero-order chi connectivity index (χ0) is 15.6. The number of H-pyrrole nitrogens is 2. The van der Waals surface area contributed by atoms with Gasteiger partial charge in [-0.05, 0) is 20.8 Å². The number of anilines is 1. The lowest BCUT2D eigenvalue weighted by molar-refractivity contribution is 0.0519. The number of hydrogen-bond acceptors (Lipinski definition) is 6. The van der Waals surface area contributed by atoms with Gasteiger partial charge in [-0.2, -0.15) is 10.1 Å². The minimum Gasteiger partial charge on any atom is -0.461 e. The molecule has 3 N–H and O–H groups in total. The van der Waals surface area contributed by atoms with Gasteiger partial charge in [0.25, 0.3) is 10.0 Å². The zero-order valence-electron chi connectivity index (χ0n) is 11.7. The lowest BCUT2D eigenvalue weighted by Crippen LogP contribution is -2.16. The molecule has 0 aliphatic rings. The fourth-order valence-corrected chi connectivity index (χ4v) is 3.39. The van der Waals surface area contributed by atoms with Crippen LogP contribution in [0.1, 0.15) is 28.7 Å². The van der Waals surface area contributed by atoms with Gasteiger partial charge in [0, 0.05) is 11.3 Å². The molecule has 0 saturated carbocycles. The van der Waals surface area contributed by atoms with Gasteiger partial charge < -0.3 is 9.72 Å². The van der Waals surface area contributed by atoms with E-state index in [1.54, 1.807) is 13.8 Å². The molecule has 21 heavy (non-hydrogen) atoms. The number of sulfonamides is 1. The van der Waals surface area contributed by atoms with Crippen LogP contribution in [0.5, 0.6) is 0 Å². The van der Waals surface area contributed by atoms with Crippen molar-refractivity contribution in [1.82, 2.24) is 20.2 Å². The Labute approximate surface area is 121 Å². The minimum absolute atomic E-state index is 0.00677. The summed E-state index contributed by atoms with van der Waals surface area (Å²) in [7, 11) is -3.89. The number of aromatic nitrogens is 4. The van der Waals surface area contributed by atoms with Crippen molar-refractivity contribution in [2.24, 2.45) is 0 Å². The third kappa shape index (κ3) is 2.89. The number of hydrogen-bond donors (Lipinski definition) is 3. The van der Waals surface area contributed by atoms with E-state index in [0.29, 0.717) is 5.69 Å². The van der Waals surface area contributed by atoms with E-state index in [1.165, 1.54) is 13.3 Å². The van der Waals surface area contributed by atoms with E-state index in [4.69, 9.17) is 4.74 Å². The van der Waals surface area contributed by atoms with E-state index in [9.17, 15) is 13.2 Å². The van der Waals surface area contributed by atoms with Crippen LogP contribution < -0.4 is 4.72 Å². The molecule has 2 heterocycles. The van der Waals surface area contributed by atoms with Gasteiger partial charge in [0.05, 0.1) is 6.61 Å². The number of ether oxygens (including phenoxy) is 1. The van der Waals surface area contributed by atoms with Crippen LogP contribution in [0.15, 0.2) is 11.2 Å². The smallest absolute Gasteiger partial charge is 0.355 e. The number of rotatable bonds is 5. The van der Waals surface area contributed by atoms with E-state index in [0.717, 1.165) is 0 Å². The third-order valence-electron chi connectivity index (χ3n) is 2.76. The minimum atomic E-state index is -3.89. The predicted octanol–water partition coefficient (Wildman–Crippen LogP) is 0.727. The average Bonchev–Trinajstić information content (AvgIpc) is 2.97. The molecule has 2 aromatic heterocycles. The number of carbonyl (C=O) groups excluding carboxylic acids is 1. The molecule has 2 rings (SSSR count). The van der Waals surface area contributed by atoms with Crippen LogP contribution in [-0.4, -0.2) is 41.2 Å². The first kappa shape index (κ1) is 15.0. The summed E-state index contributed by atoms with van der Waals surface area (Å²) in [5, 5.41) is 5.96. The lowest BCUT2D eigenvalue weighted by Gasteiger charge is -2.06. The molecule has 2 aromatic rings. The summed E-state index contributed by atoms with van der Waals surface area (Å²) < 4.78 is 31.9. The fourth-order valence-electron chi connectivity index (χ4n) is 1.98. The highest BCUT2D eigenvalue weighted by atomic mass is 32.2. The van der Waals surface area contributed by atoms with Gasteiger partial charge in [0.1, 0.15) is 16.9 Å². The Kier molecular flexibility index (Phi) is 3.98. The maximum absolute atomic E-state index is 12.4. The Bertz CT molecular complexity index is 748. The summed E-state index contributed by atoms with van der Waals surface area (Å²) in [5.41, 5.74) is 0.743. The Hall–Kier alpha value is -2.36. The van der Waals surface area contributed by atoms with Crippen molar-refractivity contribution in [1.29, 1.82) is 0 Å². The van der Waals surface area contributed by atoms with Crippen molar-refractivity contribution in [3.05, 3.63) is 23.3 Å². The summed E-state index contributed by atoms with van der Waals surface area (Å²) in [6.07, 6.45) is 1.18. The van der Waals surface area contributed by atoms with E-state index in [-0.39, 0.29) is 28.7 Å². The Morgan fingerprint density at radius 1 is 1.43 bits per heavy atom. The summed E-state index contributed by atoms with van der Waals surface area (Å²) in [6.45, 7) is 4.97. The molecule has 0 amide bonds. The van der Waals surface area contributed by atoms with Gasteiger partial charge in [0.15, 0.2) is 0 Å². The van der Waals surface area contributed by atoms with Crippen molar-refractivity contribution in [3.63, 3.8) is 0 Å². The van der Waals surface area contributed by atoms with Crippen molar-refractivity contribution in [3.8, 4) is 0 Å². The van der Waals surface area contributed by atoms with Crippen molar-refractivity contribution in [2.75, 3.05) is 11.3 Å². The van der Waals surface area contributed by atoms with Gasteiger partial charge in [-0.25, -0.2) is 23.0 Å². The summed E-state index contributed by atoms with van der Waals surface area (Å²) in [6, 6.07) is 0. The number of nitrogens with one attached hydrogen (secondary N) is 3. The van der Waals surface area contributed by atoms with E-state index in [2.05, 4.69) is 24.9 Å². The fraction of sp³-hybridized carbons (Fsp3) is 0.364. The molecule has 0 atom stereocenters. The van der Waals surface area contributed by atoms with Gasteiger partial charge in [0.2, 0.25) is 5.95 Å². The monoisotopic (exact) mass is 313 g/mol. The highest BCUT2D eigenvalue weighted by Gasteiger charge is 2.27. The second-order valence-corrected chi connectivity index (χ2v) is 5.86.